The van der Waals surface area contributed by atoms with Gasteiger partial charge in [0.15, 0.2) is 17.5 Å². The lowest BCUT2D eigenvalue weighted by Crippen LogP contribution is -2.09. The summed E-state index contributed by atoms with van der Waals surface area (Å²) in [6.07, 6.45) is 11.6. The third-order valence-electron chi connectivity index (χ3n) is 8.05. The molecule has 1 unspecified atom stereocenters. The van der Waals surface area contributed by atoms with Crippen molar-refractivity contribution in [1.82, 2.24) is 15.0 Å². The van der Waals surface area contributed by atoms with E-state index < -0.39 is 0 Å². The summed E-state index contributed by atoms with van der Waals surface area (Å²) in [5.74, 6) is 2.34. The largest absolute Gasteiger partial charge is 0.260 e. The molecule has 0 N–H and O–H groups in total. The second kappa shape index (κ2) is 10.2. The monoisotopic (exact) mass is 538 g/mol. The van der Waals surface area contributed by atoms with E-state index in [9.17, 15) is 0 Å². The molecule has 6 aromatic rings. The fourth-order valence-electron chi connectivity index (χ4n) is 5.82. The van der Waals surface area contributed by atoms with E-state index in [1.54, 1.807) is 0 Å². The van der Waals surface area contributed by atoms with Gasteiger partial charge in [-0.25, -0.2) is 15.0 Å². The van der Waals surface area contributed by atoms with Crippen LogP contribution in [0.4, 0.5) is 0 Å². The van der Waals surface area contributed by atoms with Crippen molar-refractivity contribution in [3.05, 3.63) is 145 Å². The SMILES string of the molecule is C1=CC2=C(c3ccc(-c4nc(-c5ccc6ccccc6c5)nc(-c5ccc6ccccc6c5)n4)cc3)N=CCC2C=C1. The molecule has 1 aliphatic carbocycles. The Morgan fingerprint density at radius 1 is 0.500 bits per heavy atom. The van der Waals surface area contributed by atoms with Crippen LogP contribution in [-0.2, 0) is 0 Å². The normalized spacial score (nSPS) is 15.9. The quantitative estimate of drug-likeness (QED) is 0.225. The molecule has 42 heavy (non-hydrogen) atoms. The number of hydrogen-bond acceptors (Lipinski definition) is 4. The van der Waals surface area contributed by atoms with Crippen LogP contribution in [0.5, 0.6) is 0 Å². The molecule has 0 saturated heterocycles. The van der Waals surface area contributed by atoms with Gasteiger partial charge in [0.1, 0.15) is 0 Å². The van der Waals surface area contributed by atoms with E-state index in [4.69, 9.17) is 19.9 Å². The van der Waals surface area contributed by atoms with Crippen LogP contribution in [0.2, 0.25) is 0 Å². The van der Waals surface area contributed by atoms with Crippen molar-refractivity contribution in [3.8, 4) is 34.2 Å². The topological polar surface area (TPSA) is 51.0 Å². The highest BCUT2D eigenvalue weighted by Gasteiger charge is 2.20. The molecule has 0 amide bonds. The fraction of sp³-hybridized carbons (Fsp3) is 0.0526. The first kappa shape index (κ1) is 24.3. The van der Waals surface area contributed by atoms with Gasteiger partial charge in [0, 0.05) is 34.4 Å². The van der Waals surface area contributed by atoms with Crippen LogP contribution in [0.1, 0.15) is 12.0 Å². The summed E-state index contributed by atoms with van der Waals surface area (Å²) in [4.78, 5) is 19.7. The molecule has 0 saturated carbocycles. The van der Waals surface area contributed by atoms with E-state index in [0.717, 1.165) is 45.1 Å². The molecule has 0 radical (unpaired) electrons. The van der Waals surface area contributed by atoms with Gasteiger partial charge in [-0.3, -0.25) is 4.99 Å². The number of fused-ring (bicyclic) bond motifs is 3. The molecule has 8 rings (SSSR count). The molecule has 1 aliphatic heterocycles. The predicted molar refractivity (Wildman–Crippen MR) is 173 cm³/mol. The maximum absolute atomic E-state index is 4.99. The Labute approximate surface area is 244 Å². The average Bonchev–Trinajstić information content (AvgIpc) is 3.07. The lowest BCUT2D eigenvalue weighted by Gasteiger charge is -2.22. The Balaban J connectivity index is 1.25. The van der Waals surface area contributed by atoms with Gasteiger partial charge in [-0.1, -0.05) is 121 Å². The first-order valence-electron chi connectivity index (χ1n) is 14.3. The minimum atomic E-state index is 0.389. The Morgan fingerprint density at radius 2 is 1.02 bits per heavy atom. The van der Waals surface area contributed by atoms with Crippen molar-refractivity contribution < 1.29 is 0 Å². The van der Waals surface area contributed by atoms with Crippen LogP contribution in [0.25, 0.3) is 61.4 Å². The van der Waals surface area contributed by atoms with Gasteiger partial charge in [-0.15, -0.1) is 0 Å². The molecule has 1 aromatic heterocycles. The second-order valence-corrected chi connectivity index (χ2v) is 10.7. The zero-order chi connectivity index (χ0) is 27.9. The van der Waals surface area contributed by atoms with Gasteiger partial charge in [-0.05, 0) is 45.7 Å². The van der Waals surface area contributed by atoms with Crippen molar-refractivity contribution in [2.45, 2.75) is 6.42 Å². The van der Waals surface area contributed by atoms with Crippen molar-refractivity contribution >= 4 is 33.5 Å². The van der Waals surface area contributed by atoms with E-state index >= 15 is 0 Å². The first-order chi connectivity index (χ1) is 20.8. The molecule has 2 aliphatic rings. The summed E-state index contributed by atoms with van der Waals surface area (Å²) >= 11 is 0. The van der Waals surface area contributed by atoms with Crippen LogP contribution >= 0.6 is 0 Å². The summed E-state index contributed by atoms with van der Waals surface area (Å²) < 4.78 is 0. The van der Waals surface area contributed by atoms with E-state index in [-0.39, 0.29) is 0 Å². The van der Waals surface area contributed by atoms with Gasteiger partial charge >= 0.3 is 0 Å². The number of allylic oxidation sites excluding steroid dienone is 5. The van der Waals surface area contributed by atoms with Crippen molar-refractivity contribution in [1.29, 1.82) is 0 Å². The highest BCUT2D eigenvalue weighted by molar-refractivity contribution is 5.88. The predicted octanol–water partition coefficient (Wildman–Crippen LogP) is 9.11. The Morgan fingerprint density at radius 3 is 1.64 bits per heavy atom. The molecular weight excluding hydrogens is 512 g/mol. The van der Waals surface area contributed by atoms with E-state index in [0.29, 0.717) is 23.4 Å². The van der Waals surface area contributed by atoms with Crippen LogP contribution in [0.3, 0.4) is 0 Å². The third kappa shape index (κ3) is 4.43. The number of aliphatic imine (C=N–C) groups is 1. The highest BCUT2D eigenvalue weighted by Crippen LogP contribution is 2.35. The second-order valence-electron chi connectivity index (χ2n) is 10.7. The van der Waals surface area contributed by atoms with Gasteiger partial charge in [-0.2, -0.15) is 0 Å². The Hall–Kier alpha value is -5.48. The molecule has 0 bridgehead atoms. The number of aromatic nitrogens is 3. The maximum Gasteiger partial charge on any atom is 0.164 e. The Bertz CT molecular complexity index is 2020. The van der Waals surface area contributed by atoms with Gasteiger partial charge in [0.2, 0.25) is 0 Å². The minimum Gasteiger partial charge on any atom is -0.260 e. The van der Waals surface area contributed by atoms with Gasteiger partial charge < -0.3 is 0 Å². The van der Waals surface area contributed by atoms with Crippen LogP contribution in [0.15, 0.2) is 144 Å². The van der Waals surface area contributed by atoms with E-state index in [1.807, 2.05) is 6.21 Å². The lowest BCUT2D eigenvalue weighted by molar-refractivity contribution is 0.814. The first-order valence-corrected chi connectivity index (χ1v) is 14.3. The van der Waals surface area contributed by atoms with Gasteiger partial charge in [0.05, 0.1) is 5.70 Å². The molecule has 1 atom stereocenters. The molecule has 5 aromatic carbocycles. The number of benzene rings is 5. The van der Waals surface area contributed by atoms with Crippen molar-refractivity contribution in [3.63, 3.8) is 0 Å². The molecule has 0 fully saturated rings. The van der Waals surface area contributed by atoms with Gasteiger partial charge in [0.25, 0.3) is 0 Å². The highest BCUT2D eigenvalue weighted by atomic mass is 15.0. The summed E-state index contributed by atoms with van der Waals surface area (Å²) in [7, 11) is 0. The van der Waals surface area contributed by atoms with Crippen LogP contribution in [0, 0.1) is 5.92 Å². The maximum atomic E-state index is 4.99. The number of nitrogens with zero attached hydrogens (tertiary/aromatic N) is 4. The molecule has 4 nitrogen and oxygen atoms in total. The summed E-state index contributed by atoms with van der Waals surface area (Å²) in [6, 6.07) is 37.9. The smallest absolute Gasteiger partial charge is 0.164 e. The standard InChI is InChI=1S/C38H26N4/c1-3-10-30-23-32(19-13-25(30)7-1)37-40-36(41-38(42-37)33-20-14-26-8-2-4-11-31(26)24-33)29-17-15-28(16-18-29)35-34-12-6-5-9-27(34)21-22-39-35/h1-20,22-24,27H,21H2. The van der Waals surface area contributed by atoms with Crippen LogP contribution < -0.4 is 0 Å². The fourth-order valence-corrected chi connectivity index (χ4v) is 5.82. The number of hydrogen-bond donors (Lipinski definition) is 0. The van der Waals surface area contributed by atoms with Crippen molar-refractivity contribution in [2.75, 3.05) is 0 Å². The summed E-state index contributed by atoms with van der Waals surface area (Å²) in [5.41, 5.74) is 6.25. The molecule has 0 spiro atoms. The van der Waals surface area contributed by atoms with Crippen molar-refractivity contribution in [2.24, 2.45) is 10.9 Å². The summed E-state index contributed by atoms with van der Waals surface area (Å²) in [6.45, 7) is 0. The number of rotatable bonds is 4. The van der Waals surface area contributed by atoms with E-state index in [1.165, 1.54) is 16.3 Å². The average molecular weight is 539 g/mol. The lowest BCUT2D eigenvalue weighted by atomic mass is 9.87. The molecule has 2 heterocycles. The third-order valence-corrected chi connectivity index (χ3v) is 8.05. The minimum absolute atomic E-state index is 0.389. The Kier molecular flexibility index (Phi) is 5.89. The summed E-state index contributed by atoms with van der Waals surface area (Å²) in [5, 5.41) is 4.68. The zero-order valence-corrected chi connectivity index (χ0v) is 22.9. The van der Waals surface area contributed by atoms with Crippen LogP contribution in [-0.4, -0.2) is 21.2 Å². The molecule has 198 valence electrons. The molecular formula is C38H26N4. The zero-order valence-electron chi connectivity index (χ0n) is 22.9. The van der Waals surface area contributed by atoms with E-state index in [2.05, 4.69) is 133 Å². The molecule has 4 heteroatoms.